The van der Waals surface area contributed by atoms with Crippen molar-refractivity contribution in [1.29, 1.82) is 0 Å². The van der Waals surface area contributed by atoms with E-state index in [1.165, 1.54) is 0 Å². The van der Waals surface area contributed by atoms with Crippen molar-refractivity contribution in [3.05, 3.63) is 16.5 Å². The predicted molar refractivity (Wildman–Crippen MR) is 68.4 cm³/mol. The van der Waals surface area contributed by atoms with Crippen molar-refractivity contribution in [1.82, 2.24) is 9.97 Å². The number of hydrogen-bond donors (Lipinski definition) is 2. The van der Waals surface area contributed by atoms with E-state index >= 15 is 0 Å². The number of rotatable bonds is 4. The highest BCUT2D eigenvalue weighted by Gasteiger charge is 2.34. The van der Waals surface area contributed by atoms with Gasteiger partial charge in [-0.2, -0.15) is 0 Å². The Morgan fingerprint density at radius 1 is 1.41 bits per heavy atom. The molecule has 0 spiro atoms. The van der Waals surface area contributed by atoms with Gasteiger partial charge in [0.2, 0.25) is 0 Å². The average molecular weight is 256 g/mol. The molecule has 1 aliphatic carbocycles. The van der Waals surface area contributed by atoms with Crippen molar-refractivity contribution in [2.75, 3.05) is 11.9 Å². The minimum Gasteiger partial charge on any atom is -0.388 e. The van der Waals surface area contributed by atoms with Crippen LogP contribution in [0.5, 0.6) is 0 Å². The standard InChI is InChI=1S/C12H18ClN3O/c1-3-9-10(13)15-8(2)16-11(9)14-7-12(17)5-4-6-12/h17H,3-7H2,1-2H3,(H,14,15,16). The number of nitrogens with one attached hydrogen (secondary N) is 1. The smallest absolute Gasteiger partial charge is 0.138 e. The first kappa shape index (κ1) is 12.6. The molecule has 0 aliphatic heterocycles. The van der Waals surface area contributed by atoms with E-state index < -0.39 is 5.60 Å². The van der Waals surface area contributed by atoms with Crippen LogP contribution in [0.15, 0.2) is 0 Å². The summed E-state index contributed by atoms with van der Waals surface area (Å²) in [5, 5.41) is 13.7. The minimum absolute atomic E-state index is 0.503. The molecule has 94 valence electrons. The highest BCUT2D eigenvalue weighted by atomic mass is 35.5. The molecule has 1 fully saturated rings. The van der Waals surface area contributed by atoms with Crippen LogP contribution in [0.4, 0.5) is 5.82 Å². The summed E-state index contributed by atoms with van der Waals surface area (Å²) in [5.74, 6) is 1.40. The van der Waals surface area contributed by atoms with E-state index in [0.717, 1.165) is 37.1 Å². The number of hydrogen-bond acceptors (Lipinski definition) is 4. The zero-order valence-electron chi connectivity index (χ0n) is 10.3. The summed E-state index contributed by atoms with van der Waals surface area (Å²) in [6.45, 7) is 4.37. The van der Waals surface area contributed by atoms with Crippen LogP contribution in [-0.4, -0.2) is 27.2 Å². The largest absolute Gasteiger partial charge is 0.388 e. The second kappa shape index (κ2) is 4.78. The molecule has 0 saturated heterocycles. The first-order valence-corrected chi connectivity index (χ1v) is 6.41. The number of anilines is 1. The van der Waals surface area contributed by atoms with Gasteiger partial charge >= 0.3 is 0 Å². The molecule has 1 aliphatic rings. The summed E-state index contributed by atoms with van der Waals surface area (Å²) >= 11 is 6.08. The molecule has 2 N–H and O–H groups in total. The van der Waals surface area contributed by atoms with E-state index in [9.17, 15) is 5.11 Å². The van der Waals surface area contributed by atoms with Gasteiger partial charge in [-0.05, 0) is 32.6 Å². The van der Waals surface area contributed by atoms with Gasteiger partial charge in [0.15, 0.2) is 0 Å². The van der Waals surface area contributed by atoms with Crippen LogP contribution in [0.2, 0.25) is 5.15 Å². The van der Waals surface area contributed by atoms with Crippen molar-refractivity contribution in [3.63, 3.8) is 0 Å². The summed E-state index contributed by atoms with van der Waals surface area (Å²) in [6.07, 6.45) is 3.60. The second-order valence-electron chi connectivity index (χ2n) is 4.67. The van der Waals surface area contributed by atoms with Gasteiger partial charge in [0.1, 0.15) is 16.8 Å². The maximum absolute atomic E-state index is 10.0. The molecule has 0 unspecified atom stereocenters. The summed E-state index contributed by atoms with van der Waals surface area (Å²) in [4.78, 5) is 8.48. The summed E-state index contributed by atoms with van der Waals surface area (Å²) in [6, 6.07) is 0. The fourth-order valence-electron chi connectivity index (χ4n) is 2.03. The van der Waals surface area contributed by atoms with Crippen LogP contribution in [0.1, 0.15) is 37.6 Å². The zero-order chi connectivity index (χ0) is 12.5. The lowest BCUT2D eigenvalue weighted by atomic mass is 9.80. The van der Waals surface area contributed by atoms with Crippen LogP contribution >= 0.6 is 11.6 Å². The Hall–Kier alpha value is -0.870. The molecular weight excluding hydrogens is 238 g/mol. The minimum atomic E-state index is -0.559. The number of aryl methyl sites for hydroxylation is 1. The fraction of sp³-hybridized carbons (Fsp3) is 0.667. The molecule has 4 nitrogen and oxygen atoms in total. The summed E-state index contributed by atoms with van der Waals surface area (Å²) in [7, 11) is 0. The molecule has 0 amide bonds. The van der Waals surface area contributed by atoms with Crippen molar-refractivity contribution >= 4 is 17.4 Å². The Labute approximate surface area is 106 Å². The molecule has 0 radical (unpaired) electrons. The Bertz CT molecular complexity index is 418. The quantitative estimate of drug-likeness (QED) is 0.811. The first-order valence-electron chi connectivity index (χ1n) is 6.03. The van der Waals surface area contributed by atoms with E-state index in [4.69, 9.17) is 11.6 Å². The molecule has 0 atom stereocenters. The molecule has 17 heavy (non-hydrogen) atoms. The lowest BCUT2D eigenvalue weighted by Gasteiger charge is -2.36. The van der Waals surface area contributed by atoms with Gasteiger partial charge in [-0.1, -0.05) is 18.5 Å². The van der Waals surface area contributed by atoms with Crippen molar-refractivity contribution < 1.29 is 5.11 Å². The zero-order valence-corrected chi connectivity index (χ0v) is 11.0. The predicted octanol–water partition coefficient (Wildman–Crippen LogP) is 2.33. The molecule has 1 aromatic rings. The van der Waals surface area contributed by atoms with Crippen LogP contribution in [0, 0.1) is 6.92 Å². The third kappa shape index (κ3) is 2.69. The van der Waals surface area contributed by atoms with E-state index in [1.807, 2.05) is 13.8 Å². The van der Waals surface area contributed by atoms with Gasteiger partial charge < -0.3 is 10.4 Å². The molecule has 1 saturated carbocycles. The second-order valence-corrected chi connectivity index (χ2v) is 5.03. The van der Waals surface area contributed by atoms with Crippen molar-refractivity contribution in [3.8, 4) is 0 Å². The molecular formula is C12H18ClN3O. The highest BCUT2D eigenvalue weighted by molar-refractivity contribution is 6.30. The van der Waals surface area contributed by atoms with E-state index in [2.05, 4.69) is 15.3 Å². The van der Waals surface area contributed by atoms with Gasteiger partial charge in [-0.15, -0.1) is 0 Å². The summed E-state index contributed by atoms with van der Waals surface area (Å²) < 4.78 is 0. The van der Waals surface area contributed by atoms with Crippen molar-refractivity contribution in [2.24, 2.45) is 0 Å². The number of aliphatic hydroxyl groups is 1. The SMILES string of the molecule is CCc1c(Cl)nc(C)nc1NCC1(O)CCC1. The lowest BCUT2D eigenvalue weighted by molar-refractivity contribution is -0.0202. The normalized spacial score (nSPS) is 17.6. The number of aromatic nitrogens is 2. The topological polar surface area (TPSA) is 58.0 Å². The molecule has 0 aromatic carbocycles. The van der Waals surface area contributed by atoms with E-state index in [1.54, 1.807) is 0 Å². The van der Waals surface area contributed by atoms with Gasteiger partial charge in [0, 0.05) is 12.1 Å². The molecule has 0 bridgehead atoms. The van der Waals surface area contributed by atoms with Gasteiger partial charge in [0.25, 0.3) is 0 Å². The van der Waals surface area contributed by atoms with Crippen LogP contribution in [0.25, 0.3) is 0 Å². The summed E-state index contributed by atoms with van der Waals surface area (Å²) in [5.41, 5.74) is 0.358. The van der Waals surface area contributed by atoms with Gasteiger partial charge in [0.05, 0.1) is 5.60 Å². The van der Waals surface area contributed by atoms with E-state index in [0.29, 0.717) is 17.5 Å². The molecule has 5 heteroatoms. The maximum atomic E-state index is 10.0. The maximum Gasteiger partial charge on any atom is 0.138 e. The Balaban J connectivity index is 2.13. The highest BCUT2D eigenvalue weighted by Crippen LogP contribution is 2.32. The van der Waals surface area contributed by atoms with E-state index in [-0.39, 0.29) is 0 Å². The Morgan fingerprint density at radius 2 is 2.12 bits per heavy atom. The Morgan fingerprint density at radius 3 is 2.65 bits per heavy atom. The van der Waals surface area contributed by atoms with Crippen LogP contribution < -0.4 is 5.32 Å². The van der Waals surface area contributed by atoms with Crippen LogP contribution in [0.3, 0.4) is 0 Å². The number of nitrogens with zero attached hydrogens (tertiary/aromatic N) is 2. The number of halogens is 1. The van der Waals surface area contributed by atoms with Crippen LogP contribution in [-0.2, 0) is 6.42 Å². The average Bonchev–Trinajstić information content (AvgIpc) is 2.23. The Kier molecular flexibility index (Phi) is 3.54. The first-order chi connectivity index (χ1) is 8.04. The third-order valence-electron chi connectivity index (χ3n) is 3.29. The molecule has 1 aromatic heterocycles. The third-order valence-corrected chi connectivity index (χ3v) is 3.60. The molecule has 2 rings (SSSR count). The fourth-order valence-corrected chi connectivity index (χ4v) is 2.38. The van der Waals surface area contributed by atoms with Crippen molar-refractivity contribution in [2.45, 2.75) is 45.1 Å². The molecule has 1 heterocycles. The monoisotopic (exact) mass is 255 g/mol. The van der Waals surface area contributed by atoms with Gasteiger partial charge in [-0.25, -0.2) is 9.97 Å². The lowest BCUT2D eigenvalue weighted by Crippen LogP contribution is -2.43. The van der Waals surface area contributed by atoms with Gasteiger partial charge in [-0.3, -0.25) is 0 Å².